The summed E-state index contributed by atoms with van der Waals surface area (Å²) in [5.41, 5.74) is 4.49. The molecule has 2 N–H and O–H groups in total. The second-order valence-corrected chi connectivity index (χ2v) is 9.29. The molecule has 4 nitrogen and oxygen atoms in total. The number of pyridine rings is 1. The molecule has 2 aromatic rings. The van der Waals surface area contributed by atoms with Gasteiger partial charge < -0.3 is 4.55 Å². The van der Waals surface area contributed by atoms with Gasteiger partial charge in [-0.15, -0.1) is 11.8 Å². The van der Waals surface area contributed by atoms with Crippen LogP contribution >= 0.6 is 11.8 Å². The van der Waals surface area contributed by atoms with Crippen molar-refractivity contribution in [3.63, 3.8) is 0 Å². The van der Waals surface area contributed by atoms with Crippen LogP contribution in [0.5, 0.6) is 0 Å². The fourth-order valence-electron chi connectivity index (χ4n) is 3.45. The number of aromatic nitrogens is 1. The molecule has 134 valence electrons. The zero-order valence-electron chi connectivity index (χ0n) is 15.6. The summed E-state index contributed by atoms with van der Waals surface area (Å²) in [7, 11) is 0. The van der Waals surface area contributed by atoms with Crippen LogP contribution in [0.1, 0.15) is 55.4 Å². The molecule has 2 rings (SSSR count). The van der Waals surface area contributed by atoms with E-state index in [2.05, 4.69) is 19.1 Å². The first-order chi connectivity index (χ1) is 11.7. The van der Waals surface area contributed by atoms with Crippen molar-refractivity contribution in [2.45, 2.75) is 56.7 Å². The number of thioether (sulfide) groups is 1. The summed E-state index contributed by atoms with van der Waals surface area (Å²) in [5, 5.41) is 17.2. The van der Waals surface area contributed by atoms with Crippen LogP contribution in [0.15, 0.2) is 17.2 Å². The smallest absolute Gasteiger partial charge is 0.146 e. The predicted octanol–water partition coefficient (Wildman–Crippen LogP) is 4.34. The van der Waals surface area contributed by atoms with Crippen molar-refractivity contribution in [1.82, 2.24) is 4.98 Å². The van der Waals surface area contributed by atoms with Crippen molar-refractivity contribution in [3.05, 3.63) is 34.4 Å². The lowest BCUT2D eigenvalue weighted by Crippen LogP contribution is -2.43. The first kappa shape index (κ1) is 20.1. The summed E-state index contributed by atoms with van der Waals surface area (Å²) in [5.74, 6) is -0.0165. The number of nitrogens with two attached hydrogens (primary N) is 1. The van der Waals surface area contributed by atoms with E-state index in [9.17, 15) is 9.81 Å². The van der Waals surface area contributed by atoms with Crippen LogP contribution < -0.4 is 5.14 Å². The van der Waals surface area contributed by atoms with Gasteiger partial charge >= 0.3 is 0 Å². The molecule has 1 aromatic heterocycles. The average molecular weight is 376 g/mol. The predicted molar refractivity (Wildman–Crippen MR) is 107 cm³/mol. The molecule has 0 bridgehead atoms. The SMILES string of the molecule is CCC(c1cc(C)cc2c(C#N)c(C)c(SC)nc12)C(C)(C)[S+](N)[O-]. The fourth-order valence-corrected chi connectivity index (χ4v) is 4.62. The second kappa shape index (κ2) is 7.55. The van der Waals surface area contributed by atoms with Gasteiger partial charge in [0, 0.05) is 22.7 Å². The molecule has 2 atom stereocenters. The second-order valence-electron chi connectivity index (χ2n) is 6.84. The highest BCUT2D eigenvalue weighted by Crippen LogP contribution is 2.41. The Kier molecular flexibility index (Phi) is 6.05. The minimum atomic E-state index is -1.47. The molecule has 0 amide bonds. The summed E-state index contributed by atoms with van der Waals surface area (Å²) >= 11 is 0.0664. The molecule has 1 heterocycles. The van der Waals surface area contributed by atoms with E-state index in [-0.39, 0.29) is 5.92 Å². The molecule has 0 aliphatic carbocycles. The average Bonchev–Trinajstić information content (AvgIpc) is 2.54. The molecule has 1 aromatic carbocycles. The van der Waals surface area contributed by atoms with Crippen LogP contribution in [-0.2, 0) is 11.4 Å². The van der Waals surface area contributed by atoms with E-state index in [1.165, 1.54) is 11.8 Å². The van der Waals surface area contributed by atoms with Crippen LogP contribution in [0.4, 0.5) is 0 Å². The Morgan fingerprint density at radius 1 is 1.40 bits per heavy atom. The van der Waals surface area contributed by atoms with Gasteiger partial charge in [-0.2, -0.15) is 10.4 Å². The molecule has 0 radical (unpaired) electrons. The van der Waals surface area contributed by atoms with E-state index in [0.29, 0.717) is 5.56 Å². The maximum atomic E-state index is 12.2. The molecule has 25 heavy (non-hydrogen) atoms. The van der Waals surface area contributed by atoms with E-state index in [4.69, 9.17) is 10.1 Å². The quantitative estimate of drug-likeness (QED) is 0.620. The van der Waals surface area contributed by atoms with Crippen molar-refractivity contribution >= 4 is 34.0 Å². The molecule has 0 aliphatic rings. The van der Waals surface area contributed by atoms with Crippen molar-refractivity contribution < 1.29 is 4.55 Å². The highest BCUT2D eigenvalue weighted by atomic mass is 32.2. The molecule has 0 fully saturated rings. The topological polar surface area (TPSA) is 85.8 Å². The first-order valence-corrected chi connectivity index (χ1v) is 10.7. The van der Waals surface area contributed by atoms with E-state index in [0.717, 1.165) is 39.0 Å². The van der Waals surface area contributed by atoms with Gasteiger partial charge in [-0.05, 0) is 57.6 Å². The Balaban J connectivity index is 2.91. The number of nitrogens with zero attached hydrogens (tertiary/aromatic N) is 2. The zero-order chi connectivity index (χ0) is 18.9. The number of fused-ring (bicyclic) bond motifs is 1. The maximum Gasteiger partial charge on any atom is 0.146 e. The highest BCUT2D eigenvalue weighted by Gasteiger charge is 2.40. The first-order valence-electron chi connectivity index (χ1n) is 8.24. The minimum Gasteiger partial charge on any atom is -0.598 e. The normalized spacial score (nSPS) is 14.4. The van der Waals surface area contributed by atoms with Gasteiger partial charge in [-0.25, -0.2) is 4.98 Å². The number of aryl methyl sites for hydroxylation is 1. The highest BCUT2D eigenvalue weighted by molar-refractivity contribution is 7.98. The molecular weight excluding hydrogens is 350 g/mol. The number of benzene rings is 1. The van der Waals surface area contributed by atoms with Crippen molar-refractivity contribution in [2.75, 3.05) is 6.26 Å². The summed E-state index contributed by atoms with van der Waals surface area (Å²) in [6.45, 7) is 9.89. The largest absolute Gasteiger partial charge is 0.598 e. The molecule has 0 spiro atoms. The van der Waals surface area contributed by atoms with Gasteiger partial charge in [-0.3, -0.25) is 0 Å². The monoisotopic (exact) mass is 375 g/mol. The Labute approximate surface area is 157 Å². The number of rotatable bonds is 5. The molecule has 0 saturated heterocycles. The van der Waals surface area contributed by atoms with Crippen molar-refractivity contribution in [1.29, 1.82) is 5.26 Å². The molecule has 6 heteroatoms. The third-order valence-electron chi connectivity index (χ3n) is 4.91. The van der Waals surface area contributed by atoms with Gasteiger partial charge in [0.15, 0.2) is 0 Å². The van der Waals surface area contributed by atoms with E-state index in [1.807, 2.05) is 40.0 Å². The molecule has 2 unspecified atom stereocenters. The van der Waals surface area contributed by atoms with E-state index in [1.54, 1.807) is 0 Å². The Bertz CT molecular complexity index is 841. The Morgan fingerprint density at radius 2 is 2.04 bits per heavy atom. The lowest BCUT2D eigenvalue weighted by molar-refractivity contribution is 0.476. The van der Waals surface area contributed by atoms with E-state index < -0.39 is 16.1 Å². The van der Waals surface area contributed by atoms with Gasteiger partial charge in [0.25, 0.3) is 0 Å². The standard InChI is InChI=1S/C19H25N3OS2/c1-7-16(19(4,5)25(21)23)14-9-11(2)8-13-15(10-20)12(3)18(24-6)22-17(13)14/h8-9,16H,7,21H2,1-6H3. The summed E-state index contributed by atoms with van der Waals surface area (Å²) in [6.07, 6.45) is 2.76. The summed E-state index contributed by atoms with van der Waals surface area (Å²) in [6, 6.07) is 6.46. The minimum absolute atomic E-state index is 0.0165. The maximum absolute atomic E-state index is 12.2. The summed E-state index contributed by atoms with van der Waals surface area (Å²) in [4.78, 5) is 4.86. The van der Waals surface area contributed by atoms with Crippen LogP contribution in [-0.4, -0.2) is 20.5 Å². The summed E-state index contributed by atoms with van der Waals surface area (Å²) < 4.78 is 11.6. The van der Waals surface area contributed by atoms with Gasteiger partial charge in [0.2, 0.25) is 0 Å². The number of hydrogen-bond donors (Lipinski definition) is 1. The van der Waals surface area contributed by atoms with E-state index >= 15 is 0 Å². The van der Waals surface area contributed by atoms with Crippen molar-refractivity contribution in [3.8, 4) is 6.07 Å². The van der Waals surface area contributed by atoms with Crippen LogP contribution in [0.2, 0.25) is 0 Å². The van der Waals surface area contributed by atoms with Crippen LogP contribution in [0, 0.1) is 25.2 Å². The van der Waals surface area contributed by atoms with Crippen LogP contribution in [0.3, 0.4) is 0 Å². The third kappa shape index (κ3) is 3.52. The number of nitriles is 1. The lowest BCUT2D eigenvalue weighted by atomic mass is 9.83. The van der Waals surface area contributed by atoms with Crippen molar-refractivity contribution in [2.24, 2.45) is 5.14 Å². The third-order valence-corrected chi connectivity index (χ3v) is 7.01. The Hall–Kier alpha value is -1.26. The number of hydrogen-bond acceptors (Lipinski definition) is 5. The van der Waals surface area contributed by atoms with Gasteiger partial charge in [0.05, 0.1) is 11.1 Å². The molecular formula is C19H25N3OS2. The van der Waals surface area contributed by atoms with Gasteiger partial charge in [0.1, 0.15) is 15.8 Å². The molecule has 0 saturated carbocycles. The van der Waals surface area contributed by atoms with Gasteiger partial charge in [-0.1, -0.05) is 18.6 Å². The molecule has 0 aliphatic heterocycles. The Morgan fingerprint density at radius 3 is 2.52 bits per heavy atom. The zero-order valence-corrected chi connectivity index (χ0v) is 17.3. The lowest BCUT2D eigenvalue weighted by Gasteiger charge is -2.33. The van der Waals surface area contributed by atoms with Crippen LogP contribution in [0.25, 0.3) is 10.9 Å². The fraction of sp³-hybridized carbons (Fsp3) is 0.474.